The number of hydrogen-bond donors (Lipinski definition) is 0. The first-order valence-electron chi connectivity index (χ1n) is 11.0. The summed E-state index contributed by atoms with van der Waals surface area (Å²) in [7, 11) is 0. The maximum atomic E-state index is 13.3. The molecule has 0 saturated carbocycles. The molecule has 0 unspecified atom stereocenters. The molecule has 3 aliphatic rings. The normalized spacial score (nSPS) is 25.5. The quantitative estimate of drug-likeness (QED) is 0.798. The number of anilines is 1. The van der Waals surface area contributed by atoms with Crippen molar-refractivity contribution < 1.29 is 9.53 Å². The monoisotopic (exact) mass is 386 g/mol. The number of carbonyl (C=O) groups excluding carboxylic acids is 1. The molecule has 6 heteroatoms. The second kappa shape index (κ2) is 9.23. The molecule has 4 rings (SSSR count). The van der Waals surface area contributed by atoms with Gasteiger partial charge in [0.05, 0.1) is 5.92 Å². The third-order valence-corrected chi connectivity index (χ3v) is 6.65. The predicted octanol–water partition coefficient (Wildman–Crippen LogP) is 2.32. The number of ether oxygens (including phenoxy) is 1. The maximum absolute atomic E-state index is 13.3. The number of amides is 1. The highest BCUT2D eigenvalue weighted by Crippen LogP contribution is 2.26. The van der Waals surface area contributed by atoms with Crippen molar-refractivity contribution in [3.05, 3.63) is 24.0 Å². The van der Waals surface area contributed by atoms with Crippen LogP contribution in [-0.2, 0) is 9.53 Å². The summed E-state index contributed by atoms with van der Waals surface area (Å²) in [6.45, 7) is 9.56. The van der Waals surface area contributed by atoms with Crippen molar-refractivity contribution in [1.29, 1.82) is 0 Å². The summed E-state index contributed by atoms with van der Waals surface area (Å²) >= 11 is 0. The third-order valence-electron chi connectivity index (χ3n) is 6.65. The number of aryl methyl sites for hydroxylation is 1. The van der Waals surface area contributed by atoms with E-state index in [-0.39, 0.29) is 5.92 Å². The van der Waals surface area contributed by atoms with Crippen molar-refractivity contribution >= 4 is 11.6 Å². The van der Waals surface area contributed by atoms with E-state index in [9.17, 15) is 4.79 Å². The zero-order chi connectivity index (χ0) is 19.3. The van der Waals surface area contributed by atoms with Crippen LogP contribution in [0.2, 0.25) is 0 Å². The Morgan fingerprint density at radius 3 is 2.75 bits per heavy atom. The van der Waals surface area contributed by atoms with Gasteiger partial charge in [-0.05, 0) is 57.2 Å². The van der Waals surface area contributed by atoms with Crippen LogP contribution in [0.3, 0.4) is 0 Å². The summed E-state index contributed by atoms with van der Waals surface area (Å²) in [4.78, 5) is 24.6. The van der Waals surface area contributed by atoms with E-state index in [4.69, 9.17) is 4.74 Å². The summed E-state index contributed by atoms with van der Waals surface area (Å²) in [6.07, 6.45) is 9.24. The molecule has 154 valence electrons. The van der Waals surface area contributed by atoms with E-state index >= 15 is 0 Å². The van der Waals surface area contributed by atoms with Crippen molar-refractivity contribution in [3.63, 3.8) is 0 Å². The van der Waals surface area contributed by atoms with E-state index in [0.717, 1.165) is 84.6 Å². The highest BCUT2D eigenvalue weighted by atomic mass is 16.5. The summed E-state index contributed by atoms with van der Waals surface area (Å²) in [6, 6.07) is 2.71. The molecular weight excluding hydrogens is 352 g/mol. The van der Waals surface area contributed by atoms with Crippen molar-refractivity contribution in [2.24, 2.45) is 5.92 Å². The Balaban J connectivity index is 1.35. The Bertz CT molecular complexity index is 662. The number of rotatable bonds is 3. The molecule has 3 aliphatic heterocycles. The molecule has 0 aromatic carbocycles. The molecule has 1 aromatic heterocycles. The van der Waals surface area contributed by atoms with Gasteiger partial charge >= 0.3 is 0 Å². The summed E-state index contributed by atoms with van der Waals surface area (Å²) in [5.74, 6) is 0.552. The van der Waals surface area contributed by atoms with E-state index in [1.807, 2.05) is 12.4 Å². The van der Waals surface area contributed by atoms with Crippen molar-refractivity contribution in [2.45, 2.75) is 45.1 Å². The zero-order valence-electron chi connectivity index (χ0n) is 17.2. The van der Waals surface area contributed by atoms with Gasteiger partial charge in [0.2, 0.25) is 5.91 Å². The summed E-state index contributed by atoms with van der Waals surface area (Å²) < 4.78 is 5.52. The number of carbonyl (C=O) groups is 1. The lowest BCUT2D eigenvalue weighted by Gasteiger charge is -2.40. The van der Waals surface area contributed by atoms with Crippen LogP contribution < -0.4 is 4.90 Å². The van der Waals surface area contributed by atoms with Gasteiger partial charge in [0.15, 0.2) is 0 Å². The van der Waals surface area contributed by atoms with Gasteiger partial charge in [-0.2, -0.15) is 0 Å². The number of aromatic nitrogens is 1. The van der Waals surface area contributed by atoms with Crippen LogP contribution in [0.5, 0.6) is 0 Å². The van der Waals surface area contributed by atoms with Crippen LogP contribution in [0, 0.1) is 12.8 Å². The highest BCUT2D eigenvalue weighted by molar-refractivity contribution is 5.79. The largest absolute Gasteiger partial charge is 0.381 e. The lowest BCUT2D eigenvalue weighted by molar-refractivity contribution is -0.137. The first kappa shape index (κ1) is 19.6. The van der Waals surface area contributed by atoms with Crippen LogP contribution >= 0.6 is 0 Å². The van der Waals surface area contributed by atoms with Gasteiger partial charge in [-0.25, -0.2) is 0 Å². The SMILES string of the molecule is Cc1cnccc1N1CCCN(C(=O)[C@H]2CCCN(C3CCOCC3)C2)CC1. The van der Waals surface area contributed by atoms with E-state index in [1.165, 1.54) is 11.3 Å². The number of nitrogens with zero attached hydrogens (tertiary/aromatic N) is 4. The molecule has 0 radical (unpaired) electrons. The molecule has 0 aliphatic carbocycles. The Morgan fingerprint density at radius 2 is 1.93 bits per heavy atom. The molecule has 1 aromatic rings. The average Bonchev–Trinajstić information content (AvgIpc) is 3.00. The van der Waals surface area contributed by atoms with Crippen molar-refractivity contribution in [3.8, 4) is 0 Å². The van der Waals surface area contributed by atoms with E-state index in [0.29, 0.717) is 11.9 Å². The zero-order valence-corrected chi connectivity index (χ0v) is 17.2. The van der Waals surface area contributed by atoms with Crippen LogP contribution in [0.15, 0.2) is 18.5 Å². The molecule has 4 heterocycles. The molecule has 0 bridgehead atoms. The van der Waals surface area contributed by atoms with Gasteiger partial charge in [-0.15, -0.1) is 0 Å². The first-order chi connectivity index (χ1) is 13.7. The van der Waals surface area contributed by atoms with Crippen LogP contribution in [0.25, 0.3) is 0 Å². The fourth-order valence-electron chi connectivity index (χ4n) is 5.05. The van der Waals surface area contributed by atoms with Gasteiger partial charge in [0, 0.05) is 70.1 Å². The molecule has 28 heavy (non-hydrogen) atoms. The van der Waals surface area contributed by atoms with Gasteiger partial charge in [0.1, 0.15) is 0 Å². The van der Waals surface area contributed by atoms with Gasteiger partial charge < -0.3 is 14.5 Å². The fraction of sp³-hybridized carbons (Fsp3) is 0.727. The number of hydrogen-bond acceptors (Lipinski definition) is 5. The molecular formula is C22H34N4O2. The van der Waals surface area contributed by atoms with E-state index in [2.05, 4.69) is 32.7 Å². The van der Waals surface area contributed by atoms with E-state index < -0.39 is 0 Å². The molecule has 1 atom stereocenters. The second-order valence-corrected chi connectivity index (χ2v) is 8.51. The molecule has 0 N–H and O–H groups in total. The standard InChI is InChI=1S/C22H34N4O2/c1-18-16-23-8-5-21(18)24-10-3-11-25(13-12-24)22(27)19-4-2-9-26(17-19)20-6-14-28-15-7-20/h5,8,16,19-20H,2-4,6-7,9-15,17H2,1H3/t19-/m0/s1. The fourth-order valence-corrected chi connectivity index (χ4v) is 5.05. The average molecular weight is 387 g/mol. The predicted molar refractivity (Wildman–Crippen MR) is 111 cm³/mol. The highest BCUT2D eigenvalue weighted by Gasteiger charge is 2.33. The second-order valence-electron chi connectivity index (χ2n) is 8.51. The minimum atomic E-state index is 0.172. The molecule has 3 fully saturated rings. The summed E-state index contributed by atoms with van der Waals surface area (Å²) in [5.41, 5.74) is 2.47. The van der Waals surface area contributed by atoms with Crippen molar-refractivity contribution in [1.82, 2.24) is 14.8 Å². The van der Waals surface area contributed by atoms with Crippen molar-refractivity contribution in [2.75, 3.05) is 57.4 Å². The van der Waals surface area contributed by atoms with Gasteiger partial charge in [0.25, 0.3) is 0 Å². The lowest BCUT2D eigenvalue weighted by atomic mass is 9.93. The molecule has 0 spiro atoms. The summed E-state index contributed by atoms with van der Waals surface area (Å²) in [5, 5.41) is 0. The van der Waals surface area contributed by atoms with Gasteiger partial charge in [-0.1, -0.05) is 0 Å². The lowest BCUT2D eigenvalue weighted by Crippen LogP contribution is -2.50. The minimum Gasteiger partial charge on any atom is -0.381 e. The first-order valence-corrected chi connectivity index (χ1v) is 11.0. The van der Waals surface area contributed by atoms with Crippen LogP contribution in [-0.4, -0.2) is 79.2 Å². The molecule has 6 nitrogen and oxygen atoms in total. The molecule has 1 amide bonds. The maximum Gasteiger partial charge on any atom is 0.227 e. The minimum absolute atomic E-state index is 0.172. The van der Waals surface area contributed by atoms with Crippen LogP contribution in [0.4, 0.5) is 5.69 Å². The van der Waals surface area contributed by atoms with Gasteiger partial charge in [-0.3, -0.25) is 14.7 Å². The molecule has 3 saturated heterocycles. The Morgan fingerprint density at radius 1 is 1.07 bits per heavy atom. The smallest absolute Gasteiger partial charge is 0.227 e. The number of likely N-dealkylation sites (tertiary alicyclic amines) is 1. The topological polar surface area (TPSA) is 48.9 Å². The van der Waals surface area contributed by atoms with Crippen LogP contribution in [0.1, 0.15) is 37.7 Å². The Kier molecular flexibility index (Phi) is 6.47. The third kappa shape index (κ3) is 4.49. The number of piperidine rings is 1. The van der Waals surface area contributed by atoms with E-state index in [1.54, 1.807) is 0 Å². The Hall–Kier alpha value is -1.66. The number of pyridine rings is 1. The Labute approximate surface area is 168 Å².